The van der Waals surface area contributed by atoms with Crippen molar-refractivity contribution in [3.63, 3.8) is 0 Å². The number of aryl methyl sites for hydroxylation is 1. The van der Waals surface area contributed by atoms with Crippen LogP contribution in [0.5, 0.6) is 0 Å². The van der Waals surface area contributed by atoms with Gasteiger partial charge in [-0.15, -0.1) is 0 Å². The Balaban J connectivity index is 2.08. The van der Waals surface area contributed by atoms with E-state index >= 15 is 0 Å². The van der Waals surface area contributed by atoms with E-state index in [0.29, 0.717) is 5.75 Å². The van der Waals surface area contributed by atoms with Gasteiger partial charge in [0, 0.05) is 13.1 Å². The van der Waals surface area contributed by atoms with E-state index in [4.69, 9.17) is 0 Å². The lowest BCUT2D eigenvalue weighted by molar-refractivity contribution is 0.562. The fourth-order valence-corrected chi connectivity index (χ4v) is 3.63. The van der Waals surface area contributed by atoms with Crippen LogP contribution in [-0.2, 0) is 16.9 Å². The van der Waals surface area contributed by atoms with Crippen molar-refractivity contribution in [2.75, 3.05) is 16.8 Å². The van der Waals surface area contributed by atoms with Crippen molar-refractivity contribution in [3.8, 4) is 0 Å². The molecule has 90 valence electrons. The highest BCUT2D eigenvalue weighted by molar-refractivity contribution is 7.91. The highest BCUT2D eigenvalue weighted by atomic mass is 32.2. The van der Waals surface area contributed by atoms with Crippen molar-refractivity contribution in [1.29, 1.82) is 0 Å². The van der Waals surface area contributed by atoms with Gasteiger partial charge < -0.3 is 5.32 Å². The van der Waals surface area contributed by atoms with Crippen LogP contribution in [0, 0.1) is 6.92 Å². The number of nitrogens with zero attached hydrogens (tertiary/aromatic N) is 2. The Bertz CT molecular complexity index is 478. The summed E-state index contributed by atoms with van der Waals surface area (Å²) in [4.78, 5) is 0. The van der Waals surface area contributed by atoms with Crippen LogP contribution in [0.3, 0.4) is 0 Å². The van der Waals surface area contributed by atoms with E-state index in [-0.39, 0.29) is 11.8 Å². The van der Waals surface area contributed by atoms with Crippen LogP contribution < -0.4 is 5.32 Å². The standard InChI is InChI=1S/C10H17N3O2S/c1-8-10(6-11-13(8)2)12-9-4-3-5-16(14,15)7-9/h6,9,12H,3-5,7H2,1-2H3. The fourth-order valence-electron chi connectivity index (χ4n) is 2.00. The topological polar surface area (TPSA) is 64.0 Å². The molecule has 0 radical (unpaired) electrons. The van der Waals surface area contributed by atoms with Gasteiger partial charge in [-0.1, -0.05) is 0 Å². The number of nitrogens with one attached hydrogen (secondary N) is 1. The molecule has 1 aliphatic rings. The normalized spacial score (nSPS) is 24.2. The quantitative estimate of drug-likeness (QED) is 0.831. The minimum Gasteiger partial charge on any atom is -0.379 e. The van der Waals surface area contributed by atoms with E-state index in [0.717, 1.165) is 24.2 Å². The van der Waals surface area contributed by atoms with Gasteiger partial charge in [0.15, 0.2) is 9.84 Å². The maximum atomic E-state index is 11.5. The molecule has 2 rings (SSSR count). The first-order chi connectivity index (χ1) is 7.48. The Hall–Kier alpha value is -1.04. The molecule has 0 bridgehead atoms. The monoisotopic (exact) mass is 243 g/mol. The molecule has 1 unspecified atom stereocenters. The fraction of sp³-hybridized carbons (Fsp3) is 0.700. The molecule has 0 aromatic carbocycles. The van der Waals surface area contributed by atoms with Crippen LogP contribution in [0.4, 0.5) is 5.69 Å². The van der Waals surface area contributed by atoms with E-state index in [1.807, 2.05) is 14.0 Å². The Labute approximate surface area is 95.8 Å². The van der Waals surface area contributed by atoms with E-state index in [9.17, 15) is 8.42 Å². The summed E-state index contributed by atoms with van der Waals surface area (Å²) >= 11 is 0. The SMILES string of the molecule is Cc1c(NC2CCCS(=O)(=O)C2)cnn1C. The second-order valence-electron chi connectivity index (χ2n) is 4.37. The predicted octanol–water partition coefficient (Wildman–Crippen LogP) is 0.718. The van der Waals surface area contributed by atoms with Gasteiger partial charge in [0.05, 0.1) is 29.1 Å². The van der Waals surface area contributed by atoms with Gasteiger partial charge in [0.25, 0.3) is 0 Å². The molecule has 0 amide bonds. The Kier molecular flexibility index (Phi) is 2.92. The summed E-state index contributed by atoms with van der Waals surface area (Å²) in [5.74, 6) is 0.568. The summed E-state index contributed by atoms with van der Waals surface area (Å²) in [6, 6.07) is 0.0293. The molecule has 16 heavy (non-hydrogen) atoms. The second kappa shape index (κ2) is 4.08. The molecule has 1 aliphatic heterocycles. The van der Waals surface area contributed by atoms with Crippen LogP contribution in [0.2, 0.25) is 0 Å². The van der Waals surface area contributed by atoms with E-state index in [1.54, 1.807) is 10.9 Å². The van der Waals surface area contributed by atoms with E-state index in [2.05, 4.69) is 10.4 Å². The first kappa shape index (κ1) is 11.4. The van der Waals surface area contributed by atoms with Crippen LogP contribution in [0.15, 0.2) is 6.20 Å². The Morgan fingerprint density at radius 1 is 1.56 bits per heavy atom. The van der Waals surface area contributed by atoms with Gasteiger partial charge in [0.1, 0.15) is 0 Å². The number of aromatic nitrogens is 2. The molecule has 5 nitrogen and oxygen atoms in total. The van der Waals surface area contributed by atoms with Gasteiger partial charge in [-0.3, -0.25) is 4.68 Å². The van der Waals surface area contributed by atoms with Crippen LogP contribution in [0.1, 0.15) is 18.5 Å². The highest BCUT2D eigenvalue weighted by Crippen LogP contribution is 2.19. The predicted molar refractivity (Wildman–Crippen MR) is 63.2 cm³/mol. The number of sulfone groups is 1. The molecule has 6 heteroatoms. The average molecular weight is 243 g/mol. The number of hydrogen-bond donors (Lipinski definition) is 1. The summed E-state index contributed by atoms with van der Waals surface area (Å²) in [7, 11) is -0.975. The zero-order valence-corrected chi connectivity index (χ0v) is 10.4. The van der Waals surface area contributed by atoms with Crippen LogP contribution >= 0.6 is 0 Å². The van der Waals surface area contributed by atoms with Crippen molar-refractivity contribution < 1.29 is 8.42 Å². The van der Waals surface area contributed by atoms with Gasteiger partial charge in [0.2, 0.25) is 0 Å². The summed E-state index contributed by atoms with van der Waals surface area (Å²) in [5.41, 5.74) is 1.97. The third-order valence-corrected chi connectivity index (χ3v) is 4.88. The summed E-state index contributed by atoms with van der Waals surface area (Å²) < 4.78 is 24.7. The van der Waals surface area contributed by atoms with Crippen LogP contribution in [0.25, 0.3) is 0 Å². The lowest BCUT2D eigenvalue weighted by Crippen LogP contribution is -2.34. The maximum Gasteiger partial charge on any atom is 0.152 e. The number of hydrogen-bond acceptors (Lipinski definition) is 4. The molecule has 1 aromatic rings. The smallest absolute Gasteiger partial charge is 0.152 e. The molecule has 1 saturated heterocycles. The van der Waals surface area contributed by atoms with Crippen LogP contribution in [-0.4, -0.2) is 35.7 Å². The largest absolute Gasteiger partial charge is 0.379 e. The maximum absolute atomic E-state index is 11.5. The third kappa shape index (κ3) is 2.37. The first-order valence-electron chi connectivity index (χ1n) is 5.43. The average Bonchev–Trinajstić information content (AvgIpc) is 2.48. The van der Waals surface area contributed by atoms with Crippen molar-refractivity contribution >= 4 is 15.5 Å². The molecule has 0 aliphatic carbocycles. The zero-order valence-electron chi connectivity index (χ0n) is 9.60. The molecule has 2 heterocycles. The molecule has 0 saturated carbocycles. The molecule has 1 fully saturated rings. The molecule has 1 aromatic heterocycles. The Morgan fingerprint density at radius 3 is 2.88 bits per heavy atom. The number of anilines is 1. The molecular formula is C10H17N3O2S. The summed E-state index contributed by atoms with van der Waals surface area (Å²) in [6.07, 6.45) is 3.41. The lowest BCUT2D eigenvalue weighted by atomic mass is 10.2. The molecule has 1 atom stereocenters. The van der Waals surface area contributed by atoms with Crippen molar-refractivity contribution in [2.24, 2.45) is 7.05 Å². The molecule has 1 N–H and O–H groups in total. The minimum absolute atomic E-state index is 0.0293. The number of rotatable bonds is 2. The lowest BCUT2D eigenvalue weighted by Gasteiger charge is -2.23. The van der Waals surface area contributed by atoms with Gasteiger partial charge >= 0.3 is 0 Å². The van der Waals surface area contributed by atoms with Gasteiger partial charge in [-0.2, -0.15) is 5.10 Å². The highest BCUT2D eigenvalue weighted by Gasteiger charge is 2.25. The minimum atomic E-state index is -2.85. The van der Waals surface area contributed by atoms with Crippen molar-refractivity contribution in [3.05, 3.63) is 11.9 Å². The van der Waals surface area contributed by atoms with Crippen molar-refractivity contribution in [1.82, 2.24) is 9.78 Å². The van der Waals surface area contributed by atoms with E-state index in [1.165, 1.54) is 0 Å². The van der Waals surface area contributed by atoms with Gasteiger partial charge in [-0.05, 0) is 19.8 Å². The zero-order chi connectivity index (χ0) is 11.8. The third-order valence-electron chi connectivity index (χ3n) is 3.06. The van der Waals surface area contributed by atoms with Gasteiger partial charge in [-0.25, -0.2) is 8.42 Å². The summed E-state index contributed by atoms with van der Waals surface area (Å²) in [6.45, 7) is 1.96. The van der Waals surface area contributed by atoms with Crippen molar-refractivity contribution in [2.45, 2.75) is 25.8 Å². The molecular weight excluding hydrogens is 226 g/mol. The first-order valence-corrected chi connectivity index (χ1v) is 7.25. The van der Waals surface area contributed by atoms with E-state index < -0.39 is 9.84 Å². The molecule has 0 spiro atoms. The second-order valence-corrected chi connectivity index (χ2v) is 6.59. The summed E-state index contributed by atoms with van der Waals surface area (Å²) in [5, 5.41) is 7.39. The Morgan fingerprint density at radius 2 is 2.31 bits per heavy atom.